The lowest BCUT2D eigenvalue weighted by Crippen LogP contribution is -2.20. The van der Waals surface area contributed by atoms with Crippen molar-refractivity contribution in [2.45, 2.75) is 19.0 Å². The van der Waals surface area contributed by atoms with Crippen molar-refractivity contribution in [1.29, 1.82) is 0 Å². The molecule has 1 unspecified atom stereocenters. The molecule has 0 aromatic heterocycles. The number of alkyl halides is 4. The maximum atomic E-state index is 12.6. The van der Waals surface area contributed by atoms with Gasteiger partial charge in [-0.25, -0.2) is 0 Å². The molecule has 0 amide bonds. The van der Waals surface area contributed by atoms with Gasteiger partial charge in [0.15, 0.2) is 0 Å². The van der Waals surface area contributed by atoms with Crippen LogP contribution < -0.4 is 4.90 Å². The Bertz CT molecular complexity index is 448. The van der Waals surface area contributed by atoms with Crippen molar-refractivity contribution in [3.05, 3.63) is 28.2 Å². The Labute approximate surface area is 127 Å². The monoisotopic (exact) mass is 399 g/mol. The van der Waals surface area contributed by atoms with Crippen molar-refractivity contribution >= 4 is 37.5 Å². The number of hydrogen-bond acceptors (Lipinski definition) is 1. The van der Waals surface area contributed by atoms with E-state index in [-0.39, 0.29) is 0 Å². The average molecular weight is 401 g/mol. The van der Waals surface area contributed by atoms with E-state index in [1.807, 2.05) is 0 Å². The molecular weight excluding hydrogens is 387 g/mol. The Morgan fingerprint density at radius 3 is 2.63 bits per heavy atom. The van der Waals surface area contributed by atoms with Crippen LogP contribution in [0.5, 0.6) is 0 Å². The number of benzene rings is 1. The van der Waals surface area contributed by atoms with Crippen LogP contribution >= 0.6 is 31.9 Å². The first-order valence-corrected chi connectivity index (χ1v) is 8.01. The van der Waals surface area contributed by atoms with Crippen molar-refractivity contribution < 1.29 is 13.2 Å². The van der Waals surface area contributed by atoms with E-state index in [4.69, 9.17) is 0 Å². The van der Waals surface area contributed by atoms with Gasteiger partial charge in [-0.15, -0.1) is 0 Å². The third-order valence-electron chi connectivity index (χ3n) is 3.42. The molecule has 1 aliphatic rings. The Hall–Kier alpha value is -0.230. The topological polar surface area (TPSA) is 3.24 Å². The number of anilines is 1. The quantitative estimate of drug-likeness (QED) is 0.639. The molecule has 1 heterocycles. The van der Waals surface area contributed by atoms with Crippen LogP contribution in [0.15, 0.2) is 22.7 Å². The minimum absolute atomic E-state index is 0.516. The standard InChI is InChI=1S/C13H14Br2F3N/c14-5-3-9-4-6-19(8-9)12-2-1-10(7-11(12)15)13(16,17)18/h1-2,7,9H,3-6,8H2. The largest absolute Gasteiger partial charge is 0.416 e. The van der Waals surface area contributed by atoms with Crippen LogP contribution in [-0.4, -0.2) is 18.4 Å². The van der Waals surface area contributed by atoms with Gasteiger partial charge in [0.2, 0.25) is 0 Å². The Balaban J connectivity index is 2.14. The lowest BCUT2D eigenvalue weighted by atomic mass is 10.1. The summed E-state index contributed by atoms with van der Waals surface area (Å²) < 4.78 is 38.3. The van der Waals surface area contributed by atoms with Crippen molar-refractivity contribution in [2.24, 2.45) is 5.92 Å². The molecule has 1 aromatic rings. The summed E-state index contributed by atoms with van der Waals surface area (Å²) in [6.07, 6.45) is -2.08. The van der Waals surface area contributed by atoms with Crippen LogP contribution in [0.4, 0.5) is 18.9 Å². The molecule has 1 nitrogen and oxygen atoms in total. The zero-order valence-corrected chi connectivity index (χ0v) is 13.4. The van der Waals surface area contributed by atoms with Crippen LogP contribution in [0.2, 0.25) is 0 Å². The molecule has 0 N–H and O–H groups in total. The molecule has 1 saturated heterocycles. The van der Waals surface area contributed by atoms with E-state index in [1.165, 1.54) is 0 Å². The average Bonchev–Trinajstić information content (AvgIpc) is 2.76. The molecular formula is C13H14Br2F3N. The van der Waals surface area contributed by atoms with E-state index in [0.29, 0.717) is 10.4 Å². The van der Waals surface area contributed by atoms with E-state index in [2.05, 4.69) is 36.8 Å². The second-order valence-corrected chi connectivity index (χ2v) is 6.39. The molecule has 106 valence electrons. The highest BCUT2D eigenvalue weighted by molar-refractivity contribution is 9.10. The van der Waals surface area contributed by atoms with Gasteiger partial charge < -0.3 is 4.90 Å². The first-order chi connectivity index (χ1) is 8.91. The maximum Gasteiger partial charge on any atom is 0.416 e. The van der Waals surface area contributed by atoms with Gasteiger partial charge in [0.1, 0.15) is 0 Å². The van der Waals surface area contributed by atoms with Gasteiger partial charge >= 0.3 is 6.18 Å². The molecule has 1 atom stereocenters. The minimum atomic E-state index is -4.29. The predicted molar refractivity (Wildman–Crippen MR) is 77.9 cm³/mol. The van der Waals surface area contributed by atoms with E-state index in [0.717, 1.165) is 49.1 Å². The van der Waals surface area contributed by atoms with E-state index >= 15 is 0 Å². The van der Waals surface area contributed by atoms with Crippen molar-refractivity contribution in [3.63, 3.8) is 0 Å². The van der Waals surface area contributed by atoms with Gasteiger partial charge in [0, 0.05) is 22.9 Å². The fraction of sp³-hybridized carbons (Fsp3) is 0.538. The lowest BCUT2D eigenvalue weighted by Gasteiger charge is -2.21. The van der Waals surface area contributed by atoms with Crippen LogP contribution in [-0.2, 0) is 6.18 Å². The molecule has 0 saturated carbocycles. The molecule has 1 aliphatic heterocycles. The number of halogens is 5. The van der Waals surface area contributed by atoms with Gasteiger partial charge in [-0.1, -0.05) is 15.9 Å². The minimum Gasteiger partial charge on any atom is -0.370 e. The zero-order chi connectivity index (χ0) is 14.0. The second-order valence-electron chi connectivity index (χ2n) is 4.74. The number of nitrogens with zero attached hydrogens (tertiary/aromatic N) is 1. The smallest absolute Gasteiger partial charge is 0.370 e. The first kappa shape index (κ1) is 15.2. The summed E-state index contributed by atoms with van der Waals surface area (Å²) in [5.74, 6) is 0.619. The molecule has 0 bridgehead atoms. The molecule has 1 aromatic carbocycles. The van der Waals surface area contributed by atoms with Crippen LogP contribution in [0.3, 0.4) is 0 Å². The molecule has 2 rings (SSSR count). The molecule has 1 fully saturated rings. The third-order valence-corrected chi connectivity index (χ3v) is 4.51. The fourth-order valence-corrected chi connectivity index (χ4v) is 3.66. The summed E-state index contributed by atoms with van der Waals surface area (Å²) >= 11 is 6.69. The first-order valence-electron chi connectivity index (χ1n) is 6.09. The van der Waals surface area contributed by atoms with Gasteiger partial charge in [-0.05, 0) is 52.9 Å². The zero-order valence-electron chi connectivity index (χ0n) is 10.2. The van der Waals surface area contributed by atoms with Crippen molar-refractivity contribution in [1.82, 2.24) is 0 Å². The van der Waals surface area contributed by atoms with E-state index in [9.17, 15) is 13.2 Å². The molecule has 6 heteroatoms. The highest BCUT2D eigenvalue weighted by Gasteiger charge is 2.31. The van der Waals surface area contributed by atoms with Gasteiger partial charge in [0.05, 0.1) is 11.3 Å². The highest BCUT2D eigenvalue weighted by atomic mass is 79.9. The van der Waals surface area contributed by atoms with E-state index in [1.54, 1.807) is 6.07 Å². The number of rotatable bonds is 3. The Morgan fingerprint density at radius 1 is 1.32 bits per heavy atom. The fourth-order valence-electron chi connectivity index (χ4n) is 2.38. The molecule has 0 spiro atoms. The Kier molecular flexibility index (Phi) is 4.82. The predicted octanol–water partition coefficient (Wildman–Crippen LogP) is 5.08. The van der Waals surface area contributed by atoms with Gasteiger partial charge in [-0.2, -0.15) is 13.2 Å². The van der Waals surface area contributed by atoms with Crippen LogP contribution in [0.1, 0.15) is 18.4 Å². The lowest BCUT2D eigenvalue weighted by molar-refractivity contribution is -0.137. The summed E-state index contributed by atoms with van der Waals surface area (Å²) in [4.78, 5) is 2.15. The summed E-state index contributed by atoms with van der Waals surface area (Å²) in [5, 5.41) is 0.972. The third kappa shape index (κ3) is 3.66. The highest BCUT2D eigenvalue weighted by Crippen LogP contribution is 2.37. The summed E-state index contributed by atoms with van der Waals surface area (Å²) in [6.45, 7) is 1.82. The van der Waals surface area contributed by atoms with Gasteiger partial charge in [-0.3, -0.25) is 0 Å². The van der Waals surface area contributed by atoms with E-state index < -0.39 is 11.7 Å². The van der Waals surface area contributed by atoms with Crippen LogP contribution in [0, 0.1) is 5.92 Å². The second kappa shape index (κ2) is 6.04. The number of hydrogen-bond donors (Lipinski definition) is 0. The molecule has 19 heavy (non-hydrogen) atoms. The SMILES string of the molecule is FC(F)(F)c1ccc(N2CCC(CCBr)C2)c(Br)c1. The molecule has 0 aliphatic carbocycles. The van der Waals surface area contributed by atoms with Crippen LogP contribution in [0.25, 0.3) is 0 Å². The van der Waals surface area contributed by atoms with Gasteiger partial charge in [0.25, 0.3) is 0 Å². The normalized spacial score (nSPS) is 20.1. The van der Waals surface area contributed by atoms with Crippen molar-refractivity contribution in [3.8, 4) is 0 Å². The molecule has 0 radical (unpaired) electrons. The summed E-state index contributed by atoms with van der Waals surface area (Å²) in [6, 6.07) is 3.87. The summed E-state index contributed by atoms with van der Waals surface area (Å²) in [7, 11) is 0. The summed E-state index contributed by atoms with van der Waals surface area (Å²) in [5.41, 5.74) is 0.240. The Morgan fingerprint density at radius 2 is 2.05 bits per heavy atom. The van der Waals surface area contributed by atoms with Crippen molar-refractivity contribution in [2.75, 3.05) is 23.3 Å². The maximum absolute atomic E-state index is 12.6.